The molecular weight excluding hydrogens is 298 g/mol. The van der Waals surface area contributed by atoms with Crippen LogP contribution >= 0.6 is 11.3 Å². The SMILES string of the molecule is COCCN(Cc1cccs1)C(=O)N[C@H](C)c1ccccn1. The van der Waals surface area contributed by atoms with Crippen LogP contribution in [0.15, 0.2) is 41.9 Å². The number of hydrogen-bond acceptors (Lipinski definition) is 4. The highest BCUT2D eigenvalue weighted by molar-refractivity contribution is 7.09. The molecule has 2 heterocycles. The van der Waals surface area contributed by atoms with Crippen molar-refractivity contribution in [1.29, 1.82) is 0 Å². The van der Waals surface area contributed by atoms with Crippen LogP contribution in [0.1, 0.15) is 23.5 Å². The third kappa shape index (κ3) is 4.82. The first kappa shape index (κ1) is 16.5. The van der Waals surface area contributed by atoms with E-state index in [1.165, 1.54) is 0 Å². The maximum Gasteiger partial charge on any atom is 0.318 e. The number of nitrogens with one attached hydrogen (secondary N) is 1. The van der Waals surface area contributed by atoms with Crippen LogP contribution in [0, 0.1) is 0 Å². The van der Waals surface area contributed by atoms with Gasteiger partial charge in [-0.15, -0.1) is 11.3 Å². The van der Waals surface area contributed by atoms with Crippen molar-refractivity contribution in [3.8, 4) is 0 Å². The smallest absolute Gasteiger partial charge is 0.318 e. The molecule has 1 atom stereocenters. The Bertz CT molecular complexity index is 560. The number of pyridine rings is 1. The topological polar surface area (TPSA) is 54.5 Å². The van der Waals surface area contributed by atoms with E-state index in [0.717, 1.165) is 10.6 Å². The second kappa shape index (κ2) is 8.51. The fourth-order valence-electron chi connectivity index (χ4n) is 2.03. The Labute approximate surface area is 134 Å². The highest BCUT2D eigenvalue weighted by Gasteiger charge is 2.17. The highest BCUT2D eigenvalue weighted by Crippen LogP contribution is 2.13. The quantitative estimate of drug-likeness (QED) is 0.853. The largest absolute Gasteiger partial charge is 0.383 e. The highest BCUT2D eigenvalue weighted by atomic mass is 32.1. The summed E-state index contributed by atoms with van der Waals surface area (Å²) >= 11 is 1.64. The number of ether oxygens (including phenoxy) is 1. The van der Waals surface area contributed by atoms with Gasteiger partial charge in [0.1, 0.15) is 0 Å². The van der Waals surface area contributed by atoms with Crippen LogP contribution in [0.4, 0.5) is 4.79 Å². The van der Waals surface area contributed by atoms with Gasteiger partial charge >= 0.3 is 6.03 Å². The van der Waals surface area contributed by atoms with Crippen LogP contribution in [-0.4, -0.2) is 36.2 Å². The summed E-state index contributed by atoms with van der Waals surface area (Å²) < 4.78 is 5.10. The number of amides is 2. The normalized spacial score (nSPS) is 11.9. The van der Waals surface area contributed by atoms with Crippen molar-refractivity contribution >= 4 is 17.4 Å². The molecule has 0 saturated heterocycles. The average molecular weight is 319 g/mol. The van der Waals surface area contributed by atoms with Gasteiger partial charge in [0.2, 0.25) is 0 Å². The van der Waals surface area contributed by atoms with Gasteiger partial charge in [-0.1, -0.05) is 12.1 Å². The maximum absolute atomic E-state index is 12.5. The predicted octanol–water partition coefficient (Wildman–Crippen LogP) is 3.06. The van der Waals surface area contributed by atoms with Crippen molar-refractivity contribution in [2.75, 3.05) is 20.3 Å². The van der Waals surface area contributed by atoms with E-state index < -0.39 is 0 Å². The van der Waals surface area contributed by atoms with E-state index in [1.807, 2.05) is 42.6 Å². The Morgan fingerprint density at radius 2 is 2.27 bits per heavy atom. The molecule has 6 heteroatoms. The summed E-state index contributed by atoms with van der Waals surface area (Å²) in [4.78, 5) is 19.7. The average Bonchev–Trinajstić information content (AvgIpc) is 3.05. The van der Waals surface area contributed by atoms with Gasteiger partial charge in [-0.3, -0.25) is 4.98 Å². The number of rotatable bonds is 7. The number of methoxy groups -OCH3 is 1. The van der Waals surface area contributed by atoms with Gasteiger partial charge in [0.15, 0.2) is 0 Å². The maximum atomic E-state index is 12.5. The molecule has 2 rings (SSSR count). The lowest BCUT2D eigenvalue weighted by Crippen LogP contribution is -2.42. The number of aromatic nitrogens is 1. The summed E-state index contributed by atoms with van der Waals surface area (Å²) in [5, 5.41) is 5.00. The number of thiophene rings is 1. The monoisotopic (exact) mass is 319 g/mol. The number of carbonyl (C=O) groups is 1. The van der Waals surface area contributed by atoms with E-state index in [-0.39, 0.29) is 12.1 Å². The molecule has 0 radical (unpaired) electrons. The van der Waals surface area contributed by atoms with E-state index in [9.17, 15) is 4.79 Å². The first-order valence-corrected chi connectivity index (χ1v) is 8.06. The number of nitrogens with zero attached hydrogens (tertiary/aromatic N) is 2. The molecule has 1 N–H and O–H groups in total. The minimum absolute atomic E-state index is 0.108. The standard InChI is InChI=1S/C16H21N3O2S/c1-13(15-7-3-4-8-17-15)18-16(20)19(9-10-21-2)12-14-6-5-11-22-14/h3-8,11,13H,9-10,12H2,1-2H3,(H,18,20)/t13-/m1/s1. The van der Waals surface area contributed by atoms with Crippen molar-refractivity contribution in [3.63, 3.8) is 0 Å². The molecule has 0 spiro atoms. The molecule has 0 unspecified atom stereocenters. The van der Waals surface area contributed by atoms with Crippen molar-refractivity contribution in [1.82, 2.24) is 15.2 Å². The second-order valence-corrected chi connectivity index (χ2v) is 5.95. The summed E-state index contributed by atoms with van der Waals surface area (Å²) in [6, 6.07) is 9.46. The first-order chi connectivity index (χ1) is 10.7. The van der Waals surface area contributed by atoms with Crippen molar-refractivity contribution in [3.05, 3.63) is 52.5 Å². The molecule has 0 aromatic carbocycles. The lowest BCUT2D eigenvalue weighted by molar-refractivity contribution is 0.145. The van der Waals surface area contributed by atoms with Crippen LogP contribution in [0.5, 0.6) is 0 Å². The van der Waals surface area contributed by atoms with Gasteiger partial charge < -0.3 is 15.0 Å². The Hall–Kier alpha value is -1.92. The van der Waals surface area contributed by atoms with Crippen molar-refractivity contribution < 1.29 is 9.53 Å². The summed E-state index contributed by atoms with van der Waals surface area (Å²) in [6.07, 6.45) is 1.73. The van der Waals surface area contributed by atoms with E-state index >= 15 is 0 Å². The molecule has 0 bridgehead atoms. The Morgan fingerprint density at radius 3 is 2.91 bits per heavy atom. The Morgan fingerprint density at radius 1 is 1.41 bits per heavy atom. The number of hydrogen-bond donors (Lipinski definition) is 1. The third-order valence-corrected chi connectivity index (χ3v) is 4.11. The molecule has 2 amide bonds. The van der Waals surface area contributed by atoms with Gasteiger partial charge in [0, 0.05) is 24.7 Å². The zero-order valence-electron chi connectivity index (χ0n) is 12.9. The summed E-state index contributed by atoms with van der Waals surface area (Å²) in [5.41, 5.74) is 0.846. The van der Waals surface area contributed by atoms with Crippen LogP contribution in [0.25, 0.3) is 0 Å². The number of carbonyl (C=O) groups excluding carboxylic acids is 1. The summed E-state index contributed by atoms with van der Waals surface area (Å²) in [6.45, 7) is 3.58. The van der Waals surface area contributed by atoms with Gasteiger partial charge in [0.05, 0.1) is 24.9 Å². The predicted molar refractivity (Wildman–Crippen MR) is 87.8 cm³/mol. The molecule has 5 nitrogen and oxygen atoms in total. The second-order valence-electron chi connectivity index (χ2n) is 4.92. The molecule has 0 aliphatic carbocycles. The molecular formula is C16H21N3O2S. The van der Waals surface area contributed by atoms with Gasteiger partial charge in [-0.05, 0) is 30.5 Å². The molecule has 0 fully saturated rings. The zero-order chi connectivity index (χ0) is 15.8. The Balaban J connectivity index is 1.98. The van der Waals surface area contributed by atoms with Crippen molar-refractivity contribution in [2.45, 2.75) is 19.5 Å². The van der Waals surface area contributed by atoms with Gasteiger partial charge in [-0.25, -0.2) is 4.79 Å². The molecule has 118 valence electrons. The zero-order valence-corrected chi connectivity index (χ0v) is 13.7. The van der Waals surface area contributed by atoms with Gasteiger partial charge in [-0.2, -0.15) is 0 Å². The van der Waals surface area contributed by atoms with Crippen LogP contribution in [0.2, 0.25) is 0 Å². The molecule has 22 heavy (non-hydrogen) atoms. The van der Waals surface area contributed by atoms with E-state index in [2.05, 4.69) is 10.3 Å². The van der Waals surface area contributed by atoms with Crippen LogP contribution in [0.3, 0.4) is 0 Å². The molecule has 2 aromatic rings. The van der Waals surface area contributed by atoms with E-state index in [4.69, 9.17) is 4.74 Å². The lowest BCUT2D eigenvalue weighted by Gasteiger charge is -2.24. The summed E-state index contributed by atoms with van der Waals surface area (Å²) in [5.74, 6) is 0. The fraction of sp³-hybridized carbons (Fsp3) is 0.375. The first-order valence-electron chi connectivity index (χ1n) is 7.18. The van der Waals surface area contributed by atoms with Crippen LogP contribution < -0.4 is 5.32 Å². The van der Waals surface area contributed by atoms with E-state index in [1.54, 1.807) is 29.5 Å². The Kier molecular flexibility index (Phi) is 6.36. The minimum Gasteiger partial charge on any atom is -0.383 e. The van der Waals surface area contributed by atoms with E-state index in [0.29, 0.717) is 19.7 Å². The summed E-state index contributed by atoms with van der Waals surface area (Å²) in [7, 11) is 1.64. The number of urea groups is 1. The molecule has 0 saturated carbocycles. The fourth-order valence-corrected chi connectivity index (χ4v) is 2.75. The van der Waals surface area contributed by atoms with Crippen LogP contribution in [-0.2, 0) is 11.3 Å². The van der Waals surface area contributed by atoms with Crippen molar-refractivity contribution in [2.24, 2.45) is 0 Å². The molecule has 0 aliphatic rings. The molecule has 2 aromatic heterocycles. The minimum atomic E-state index is -0.137. The lowest BCUT2D eigenvalue weighted by atomic mass is 10.2. The van der Waals surface area contributed by atoms with Gasteiger partial charge in [0.25, 0.3) is 0 Å². The molecule has 0 aliphatic heterocycles. The third-order valence-electron chi connectivity index (χ3n) is 3.25.